The van der Waals surface area contributed by atoms with Crippen molar-refractivity contribution in [1.82, 2.24) is 29.3 Å². The largest absolute Gasteiger partial charge is 0.404 e. The quantitative estimate of drug-likeness (QED) is 0.385. The van der Waals surface area contributed by atoms with Crippen LogP contribution in [0, 0.1) is 17.0 Å². The Labute approximate surface area is 178 Å². The van der Waals surface area contributed by atoms with Gasteiger partial charge in [0, 0.05) is 20.5 Å². The molecule has 0 unspecified atom stereocenters. The van der Waals surface area contributed by atoms with Crippen LogP contribution in [0.2, 0.25) is 0 Å². The highest BCUT2D eigenvalue weighted by Crippen LogP contribution is 2.22. The molecule has 3 aromatic heterocycles. The number of hydrogen-bond donors (Lipinski definition) is 2. The Hall–Kier alpha value is -3.55. The van der Waals surface area contributed by atoms with Crippen LogP contribution in [0.4, 0.5) is 17.2 Å². The Morgan fingerprint density at radius 2 is 1.83 bits per heavy atom. The number of nitrogens with one attached hydrogen (secondary N) is 2. The van der Waals surface area contributed by atoms with Crippen molar-refractivity contribution in [3.05, 3.63) is 44.6 Å². The van der Waals surface area contributed by atoms with E-state index < -0.39 is 16.7 Å². The highest BCUT2D eigenvalue weighted by Gasteiger charge is 2.22. The molecule has 2 amide bonds. The summed E-state index contributed by atoms with van der Waals surface area (Å²) in [7, 11) is 3.34. The SMILES string of the molecule is Cc1c(NC(=O)c2c(NC(=O)CCn3cc(Br)c([N+](=O)[O-])n3)cnn2C)cnn1C. The molecule has 0 saturated carbocycles. The molecule has 3 aromatic rings. The number of aryl methyl sites for hydroxylation is 3. The van der Waals surface area contributed by atoms with Crippen molar-refractivity contribution in [2.24, 2.45) is 14.1 Å². The average molecular weight is 480 g/mol. The summed E-state index contributed by atoms with van der Waals surface area (Å²) in [6.45, 7) is 1.93. The molecule has 2 N–H and O–H groups in total. The highest BCUT2D eigenvalue weighted by atomic mass is 79.9. The van der Waals surface area contributed by atoms with Gasteiger partial charge in [-0.25, -0.2) is 0 Å². The van der Waals surface area contributed by atoms with Crippen LogP contribution in [-0.2, 0) is 25.4 Å². The van der Waals surface area contributed by atoms with Crippen LogP contribution in [-0.4, -0.2) is 46.1 Å². The monoisotopic (exact) mass is 479 g/mol. The first-order valence-corrected chi connectivity index (χ1v) is 9.45. The summed E-state index contributed by atoms with van der Waals surface area (Å²) in [6, 6.07) is 0. The van der Waals surface area contributed by atoms with E-state index in [4.69, 9.17) is 0 Å². The van der Waals surface area contributed by atoms with Gasteiger partial charge in [0.1, 0.15) is 10.2 Å². The second-order valence-corrected chi connectivity index (χ2v) is 7.23. The zero-order chi connectivity index (χ0) is 22.0. The lowest BCUT2D eigenvalue weighted by Crippen LogP contribution is -2.21. The van der Waals surface area contributed by atoms with Gasteiger partial charge in [0.25, 0.3) is 5.91 Å². The molecule has 0 aromatic carbocycles. The summed E-state index contributed by atoms with van der Waals surface area (Å²) in [5.41, 5.74) is 1.74. The fourth-order valence-electron chi connectivity index (χ4n) is 2.66. The van der Waals surface area contributed by atoms with Gasteiger partial charge in [-0.15, -0.1) is 0 Å². The van der Waals surface area contributed by atoms with Gasteiger partial charge in [-0.05, 0) is 27.8 Å². The number of nitro groups is 1. The number of anilines is 2. The first-order chi connectivity index (χ1) is 14.2. The van der Waals surface area contributed by atoms with Crippen LogP contribution >= 0.6 is 15.9 Å². The lowest BCUT2D eigenvalue weighted by molar-refractivity contribution is -0.390. The van der Waals surface area contributed by atoms with Crippen LogP contribution in [0.3, 0.4) is 0 Å². The van der Waals surface area contributed by atoms with Crippen LogP contribution in [0.25, 0.3) is 0 Å². The lowest BCUT2D eigenvalue weighted by atomic mass is 10.3. The van der Waals surface area contributed by atoms with Gasteiger partial charge in [-0.3, -0.25) is 19.0 Å². The molecule has 0 radical (unpaired) electrons. The predicted octanol–water partition coefficient (Wildman–Crippen LogP) is 1.61. The van der Waals surface area contributed by atoms with Crippen LogP contribution in [0.15, 0.2) is 23.1 Å². The molecular weight excluding hydrogens is 462 g/mol. The Kier molecular flexibility index (Phi) is 5.96. The lowest BCUT2D eigenvalue weighted by Gasteiger charge is -2.08. The number of carbonyl (C=O) groups excluding carboxylic acids is 2. The number of rotatable bonds is 7. The Morgan fingerprint density at radius 3 is 2.43 bits per heavy atom. The molecule has 0 bridgehead atoms. The van der Waals surface area contributed by atoms with Crippen molar-refractivity contribution in [2.75, 3.05) is 10.6 Å². The minimum atomic E-state index is -0.620. The van der Waals surface area contributed by atoms with E-state index in [1.165, 1.54) is 28.0 Å². The standard InChI is InChI=1S/C16H18BrN9O4/c1-9-11(6-18-23(9)2)21-16(28)14-12(7-19-24(14)3)20-13(27)4-5-25-8-10(17)15(22-25)26(29)30/h6-8H,4-5H2,1-3H3,(H,20,27)(H,21,28). The minimum absolute atomic E-state index is 0.0110. The van der Waals surface area contributed by atoms with E-state index in [9.17, 15) is 19.7 Å². The van der Waals surface area contributed by atoms with Crippen LogP contribution in [0.5, 0.6) is 0 Å². The van der Waals surface area contributed by atoms with Gasteiger partial charge in [-0.1, -0.05) is 0 Å². The molecule has 3 heterocycles. The van der Waals surface area contributed by atoms with Crippen LogP contribution < -0.4 is 10.6 Å². The molecule has 0 aliphatic heterocycles. The highest BCUT2D eigenvalue weighted by molar-refractivity contribution is 9.10. The number of hydrogen-bond acceptors (Lipinski definition) is 7. The maximum Gasteiger partial charge on any atom is 0.404 e. The summed E-state index contributed by atoms with van der Waals surface area (Å²) in [5, 5.41) is 28.1. The Bertz CT molecular complexity index is 1130. The molecule has 30 heavy (non-hydrogen) atoms. The summed E-state index contributed by atoms with van der Waals surface area (Å²) in [4.78, 5) is 35.3. The maximum absolute atomic E-state index is 12.7. The van der Waals surface area contributed by atoms with Gasteiger partial charge < -0.3 is 20.7 Å². The minimum Gasteiger partial charge on any atom is -0.358 e. The predicted molar refractivity (Wildman–Crippen MR) is 109 cm³/mol. The molecular formula is C16H18BrN9O4. The van der Waals surface area contributed by atoms with Gasteiger partial charge >= 0.3 is 5.82 Å². The van der Waals surface area contributed by atoms with Crippen molar-refractivity contribution in [2.45, 2.75) is 19.9 Å². The third-order valence-corrected chi connectivity index (χ3v) is 4.91. The van der Waals surface area contributed by atoms with E-state index in [0.29, 0.717) is 5.69 Å². The number of aromatic nitrogens is 6. The van der Waals surface area contributed by atoms with E-state index >= 15 is 0 Å². The molecule has 0 spiro atoms. The fraction of sp³-hybridized carbons (Fsp3) is 0.312. The first-order valence-electron chi connectivity index (χ1n) is 8.66. The average Bonchev–Trinajstić information content (AvgIpc) is 3.33. The molecule has 158 valence electrons. The van der Waals surface area contributed by atoms with Crippen LogP contribution in [0.1, 0.15) is 22.6 Å². The Morgan fingerprint density at radius 1 is 1.17 bits per heavy atom. The Balaban J connectivity index is 1.66. The molecule has 13 nitrogen and oxygen atoms in total. The molecule has 0 aliphatic carbocycles. The van der Waals surface area contributed by atoms with E-state index in [-0.39, 0.29) is 34.6 Å². The second-order valence-electron chi connectivity index (χ2n) is 6.37. The number of halogens is 1. The van der Waals surface area contributed by atoms with Gasteiger partial charge in [0.05, 0.1) is 47.3 Å². The summed E-state index contributed by atoms with van der Waals surface area (Å²) >= 11 is 3.05. The number of carbonyl (C=O) groups is 2. The number of nitrogens with zero attached hydrogens (tertiary/aromatic N) is 7. The molecule has 0 atom stereocenters. The zero-order valence-corrected chi connectivity index (χ0v) is 17.9. The van der Waals surface area contributed by atoms with Crippen molar-refractivity contribution >= 4 is 44.9 Å². The van der Waals surface area contributed by atoms with Crippen molar-refractivity contribution in [1.29, 1.82) is 0 Å². The molecule has 0 saturated heterocycles. The summed E-state index contributed by atoms with van der Waals surface area (Å²) in [6.07, 6.45) is 4.31. The molecule has 0 aliphatic rings. The topological polar surface area (TPSA) is 155 Å². The smallest absolute Gasteiger partial charge is 0.358 e. The number of amides is 2. The maximum atomic E-state index is 12.7. The third kappa shape index (κ3) is 4.37. The van der Waals surface area contributed by atoms with Gasteiger partial charge in [-0.2, -0.15) is 14.9 Å². The molecule has 0 fully saturated rings. The normalized spacial score (nSPS) is 10.8. The van der Waals surface area contributed by atoms with E-state index in [0.717, 1.165) is 5.69 Å². The van der Waals surface area contributed by atoms with Crippen molar-refractivity contribution in [3.63, 3.8) is 0 Å². The first kappa shape index (κ1) is 21.2. The molecule has 14 heteroatoms. The van der Waals surface area contributed by atoms with Crippen molar-refractivity contribution in [3.8, 4) is 0 Å². The second kappa shape index (κ2) is 8.44. The van der Waals surface area contributed by atoms with E-state index in [1.807, 2.05) is 6.92 Å². The summed E-state index contributed by atoms with van der Waals surface area (Å²) < 4.78 is 4.50. The van der Waals surface area contributed by atoms with E-state index in [2.05, 4.69) is 41.9 Å². The van der Waals surface area contributed by atoms with Crippen molar-refractivity contribution < 1.29 is 14.5 Å². The zero-order valence-electron chi connectivity index (χ0n) is 16.3. The fourth-order valence-corrected chi connectivity index (χ4v) is 3.12. The third-order valence-electron chi connectivity index (χ3n) is 4.35. The van der Waals surface area contributed by atoms with E-state index in [1.54, 1.807) is 18.8 Å². The molecule has 3 rings (SSSR count). The van der Waals surface area contributed by atoms with Gasteiger partial charge in [0.15, 0.2) is 0 Å². The van der Waals surface area contributed by atoms with Gasteiger partial charge in [0.2, 0.25) is 5.91 Å². The summed E-state index contributed by atoms with van der Waals surface area (Å²) in [5.74, 6) is -1.18.